The molecule has 6 nitrogen and oxygen atoms in total. The molecule has 134 valence electrons. The van der Waals surface area contributed by atoms with Crippen LogP contribution in [-0.2, 0) is 16.8 Å². The number of furan rings is 1. The van der Waals surface area contributed by atoms with Crippen LogP contribution in [0, 0.1) is 5.92 Å². The lowest BCUT2D eigenvalue weighted by atomic mass is 9.94. The quantitative estimate of drug-likeness (QED) is 0.767. The minimum atomic E-state index is -1.14. The first-order chi connectivity index (χ1) is 12.1. The highest BCUT2D eigenvalue weighted by Crippen LogP contribution is 2.45. The van der Waals surface area contributed by atoms with Gasteiger partial charge in [-0.1, -0.05) is 6.07 Å². The lowest BCUT2D eigenvalue weighted by molar-refractivity contribution is -0.122. The molecule has 1 aliphatic carbocycles. The normalized spacial score (nSPS) is 16.1. The van der Waals surface area contributed by atoms with E-state index < -0.39 is 5.60 Å². The molecule has 3 rings (SSSR count). The van der Waals surface area contributed by atoms with E-state index in [0.29, 0.717) is 17.3 Å². The zero-order valence-corrected chi connectivity index (χ0v) is 14.5. The maximum Gasteiger partial charge on any atom is 0.224 e. The smallest absolute Gasteiger partial charge is 0.224 e. The third kappa shape index (κ3) is 3.79. The van der Waals surface area contributed by atoms with Gasteiger partial charge in [-0.25, -0.2) is 0 Å². The van der Waals surface area contributed by atoms with Crippen molar-refractivity contribution in [1.82, 2.24) is 5.32 Å². The average molecular weight is 345 g/mol. The molecule has 1 aliphatic rings. The summed E-state index contributed by atoms with van der Waals surface area (Å²) < 4.78 is 15.8. The molecule has 0 spiro atoms. The van der Waals surface area contributed by atoms with Gasteiger partial charge in [-0.2, -0.15) is 0 Å². The van der Waals surface area contributed by atoms with Crippen molar-refractivity contribution in [3.63, 3.8) is 0 Å². The summed E-state index contributed by atoms with van der Waals surface area (Å²) in [6.07, 6.45) is 3.60. The first-order valence-electron chi connectivity index (χ1n) is 8.31. The summed E-state index contributed by atoms with van der Waals surface area (Å²) in [7, 11) is 3.12. The summed E-state index contributed by atoms with van der Waals surface area (Å²) in [6, 6.07) is 8.86. The molecule has 6 heteroatoms. The Morgan fingerprint density at radius 3 is 2.64 bits per heavy atom. The number of methoxy groups -OCH3 is 2. The highest BCUT2D eigenvalue weighted by molar-refractivity contribution is 5.78. The predicted octanol–water partition coefficient (Wildman–Crippen LogP) is 2.25. The zero-order chi connectivity index (χ0) is 17.9. The lowest BCUT2D eigenvalue weighted by Crippen LogP contribution is -2.42. The van der Waals surface area contributed by atoms with Crippen LogP contribution in [0.2, 0.25) is 0 Å². The second-order valence-corrected chi connectivity index (χ2v) is 6.32. The van der Waals surface area contributed by atoms with Gasteiger partial charge < -0.3 is 24.3 Å². The van der Waals surface area contributed by atoms with E-state index >= 15 is 0 Å². The van der Waals surface area contributed by atoms with E-state index in [0.717, 1.165) is 18.4 Å². The van der Waals surface area contributed by atoms with Crippen LogP contribution < -0.4 is 14.8 Å². The summed E-state index contributed by atoms with van der Waals surface area (Å²) in [6.45, 7) is 0.136. The number of ether oxygens (including phenoxy) is 2. The molecule has 25 heavy (non-hydrogen) atoms. The molecule has 0 aliphatic heterocycles. The van der Waals surface area contributed by atoms with E-state index in [1.165, 1.54) is 6.26 Å². The fourth-order valence-electron chi connectivity index (χ4n) is 2.99. The minimum Gasteiger partial charge on any atom is -0.493 e. The fourth-order valence-corrected chi connectivity index (χ4v) is 2.99. The number of carbonyl (C=O) groups excluding carboxylic acids is 1. The Labute approximate surface area is 146 Å². The molecule has 0 saturated heterocycles. The molecular weight excluding hydrogens is 322 g/mol. The van der Waals surface area contributed by atoms with Crippen molar-refractivity contribution in [3.8, 4) is 11.5 Å². The van der Waals surface area contributed by atoms with Crippen molar-refractivity contribution in [2.75, 3.05) is 20.8 Å². The zero-order valence-electron chi connectivity index (χ0n) is 14.5. The van der Waals surface area contributed by atoms with E-state index in [-0.39, 0.29) is 24.8 Å². The molecule has 1 heterocycles. The van der Waals surface area contributed by atoms with Gasteiger partial charge in [0.2, 0.25) is 5.91 Å². The molecule has 2 aromatic rings. The third-order valence-corrected chi connectivity index (χ3v) is 4.57. The number of nitrogens with one attached hydrogen (secondary N) is 1. The van der Waals surface area contributed by atoms with Crippen LogP contribution in [0.15, 0.2) is 41.0 Å². The number of carbonyl (C=O) groups is 1. The number of benzene rings is 1. The predicted molar refractivity (Wildman–Crippen MR) is 91.6 cm³/mol. The molecule has 1 saturated carbocycles. The standard InChI is InChI=1S/C19H23NO5/c1-23-15-8-5-13(10-16(15)24-2)11-18(21)20-12-19(22,14-6-7-14)17-4-3-9-25-17/h3-5,8-10,14,22H,6-7,11-12H2,1-2H3,(H,20,21)/t19-/m1/s1. The fraction of sp³-hybridized carbons (Fsp3) is 0.421. The van der Waals surface area contributed by atoms with Gasteiger partial charge in [0, 0.05) is 0 Å². The molecule has 1 fully saturated rings. The Balaban J connectivity index is 1.63. The molecule has 1 aromatic carbocycles. The van der Waals surface area contributed by atoms with Crippen LogP contribution in [-0.4, -0.2) is 31.8 Å². The summed E-state index contributed by atoms with van der Waals surface area (Å²) in [5, 5.41) is 13.8. The summed E-state index contributed by atoms with van der Waals surface area (Å²) >= 11 is 0. The van der Waals surface area contributed by atoms with Gasteiger partial charge in [0.25, 0.3) is 0 Å². The van der Waals surface area contributed by atoms with Crippen LogP contribution in [0.4, 0.5) is 0 Å². The van der Waals surface area contributed by atoms with Gasteiger partial charge in [0.1, 0.15) is 11.4 Å². The summed E-state index contributed by atoms with van der Waals surface area (Å²) in [5.41, 5.74) is -0.334. The Morgan fingerprint density at radius 1 is 1.28 bits per heavy atom. The molecule has 1 aromatic heterocycles. The largest absolute Gasteiger partial charge is 0.493 e. The van der Waals surface area contributed by atoms with Gasteiger partial charge in [0.05, 0.1) is 33.4 Å². The van der Waals surface area contributed by atoms with Crippen molar-refractivity contribution >= 4 is 5.91 Å². The molecule has 0 unspecified atom stereocenters. The summed E-state index contributed by atoms with van der Waals surface area (Å²) in [4.78, 5) is 12.3. The van der Waals surface area contributed by atoms with E-state index in [9.17, 15) is 9.90 Å². The van der Waals surface area contributed by atoms with Crippen molar-refractivity contribution < 1.29 is 23.8 Å². The Morgan fingerprint density at radius 2 is 2.04 bits per heavy atom. The molecule has 1 atom stereocenters. The average Bonchev–Trinajstić information content (AvgIpc) is 3.34. The third-order valence-electron chi connectivity index (χ3n) is 4.57. The van der Waals surface area contributed by atoms with E-state index in [4.69, 9.17) is 13.9 Å². The molecule has 0 bridgehead atoms. The number of hydrogen-bond acceptors (Lipinski definition) is 5. The highest BCUT2D eigenvalue weighted by Gasteiger charge is 2.47. The lowest BCUT2D eigenvalue weighted by Gasteiger charge is -2.26. The van der Waals surface area contributed by atoms with Crippen molar-refractivity contribution in [2.45, 2.75) is 24.9 Å². The maximum atomic E-state index is 12.3. The van der Waals surface area contributed by atoms with E-state index in [1.807, 2.05) is 6.07 Å². The second kappa shape index (κ2) is 7.19. The number of aliphatic hydroxyl groups is 1. The van der Waals surface area contributed by atoms with Gasteiger partial charge >= 0.3 is 0 Å². The number of hydrogen-bond donors (Lipinski definition) is 2. The Hall–Kier alpha value is -2.47. The molecule has 1 amide bonds. The Bertz CT molecular complexity index is 723. The van der Waals surface area contributed by atoms with Gasteiger partial charge in [-0.15, -0.1) is 0 Å². The molecule has 0 radical (unpaired) electrons. The van der Waals surface area contributed by atoms with Crippen LogP contribution in [0.3, 0.4) is 0 Å². The maximum absolute atomic E-state index is 12.3. The van der Waals surface area contributed by atoms with Crippen molar-refractivity contribution in [3.05, 3.63) is 47.9 Å². The second-order valence-electron chi connectivity index (χ2n) is 6.32. The van der Waals surface area contributed by atoms with Crippen molar-refractivity contribution in [2.24, 2.45) is 5.92 Å². The first kappa shape index (κ1) is 17.4. The molecule has 2 N–H and O–H groups in total. The van der Waals surface area contributed by atoms with Crippen LogP contribution in [0.1, 0.15) is 24.2 Å². The topological polar surface area (TPSA) is 80.9 Å². The van der Waals surface area contributed by atoms with Gasteiger partial charge in [-0.3, -0.25) is 4.79 Å². The summed E-state index contributed by atoms with van der Waals surface area (Å²) in [5.74, 6) is 1.66. The van der Waals surface area contributed by atoms with Crippen molar-refractivity contribution in [1.29, 1.82) is 0 Å². The Kier molecular flexibility index (Phi) is 4.99. The van der Waals surface area contributed by atoms with E-state index in [1.54, 1.807) is 38.5 Å². The first-order valence-corrected chi connectivity index (χ1v) is 8.31. The van der Waals surface area contributed by atoms with Crippen LogP contribution >= 0.6 is 0 Å². The molecular formula is C19H23NO5. The van der Waals surface area contributed by atoms with Crippen LogP contribution in [0.5, 0.6) is 11.5 Å². The number of rotatable bonds is 8. The van der Waals surface area contributed by atoms with Gasteiger partial charge in [0.15, 0.2) is 11.5 Å². The van der Waals surface area contributed by atoms with Crippen LogP contribution in [0.25, 0.3) is 0 Å². The van der Waals surface area contributed by atoms with E-state index in [2.05, 4.69) is 5.32 Å². The minimum absolute atomic E-state index is 0.125. The monoisotopic (exact) mass is 345 g/mol. The highest BCUT2D eigenvalue weighted by atomic mass is 16.5. The van der Waals surface area contributed by atoms with Gasteiger partial charge in [-0.05, 0) is 48.6 Å². The number of amides is 1. The SMILES string of the molecule is COc1ccc(CC(=O)NC[C@](O)(c2ccco2)C2CC2)cc1OC.